The van der Waals surface area contributed by atoms with Crippen molar-refractivity contribution in [2.75, 3.05) is 0 Å². The predicted octanol–water partition coefficient (Wildman–Crippen LogP) is 1.48. The first kappa shape index (κ1) is 14.7. The number of hydrogen-bond donors (Lipinski definition) is 1. The quantitative estimate of drug-likeness (QED) is 0.928. The van der Waals surface area contributed by atoms with Crippen molar-refractivity contribution in [3.63, 3.8) is 0 Å². The van der Waals surface area contributed by atoms with Gasteiger partial charge in [0.25, 0.3) is 0 Å². The van der Waals surface area contributed by atoms with Crippen LogP contribution < -0.4 is 5.14 Å². The average molecular weight is 311 g/mol. The Bertz CT molecular complexity index is 838. The zero-order valence-electron chi connectivity index (χ0n) is 10.6. The van der Waals surface area contributed by atoms with Crippen LogP contribution >= 0.6 is 0 Å². The zero-order chi connectivity index (χ0) is 15.0. The number of primary sulfonamides is 1. The third-order valence-corrected chi connectivity index (χ3v) is 5.70. The third kappa shape index (κ3) is 2.74. The van der Waals surface area contributed by atoms with Gasteiger partial charge in [0.2, 0.25) is 19.9 Å². The zero-order valence-corrected chi connectivity index (χ0v) is 12.3. The van der Waals surface area contributed by atoms with E-state index in [1.807, 2.05) is 0 Å². The van der Waals surface area contributed by atoms with Gasteiger partial charge in [0, 0.05) is 0 Å². The molecule has 2 rings (SSSR count). The van der Waals surface area contributed by atoms with Gasteiger partial charge in [-0.1, -0.05) is 18.2 Å². The number of sulfonamides is 1. The molecule has 0 radical (unpaired) electrons. The lowest BCUT2D eigenvalue weighted by Gasteiger charge is -2.08. The molecule has 0 aromatic heterocycles. The van der Waals surface area contributed by atoms with Crippen LogP contribution in [0.15, 0.2) is 63.2 Å². The van der Waals surface area contributed by atoms with E-state index in [0.29, 0.717) is 5.56 Å². The molecule has 0 saturated carbocycles. The van der Waals surface area contributed by atoms with Crippen LogP contribution in [0.4, 0.5) is 0 Å². The highest BCUT2D eigenvalue weighted by Gasteiger charge is 2.20. The molecule has 0 bridgehead atoms. The largest absolute Gasteiger partial charge is 0.238 e. The number of aryl methyl sites for hydroxylation is 1. The molecule has 20 heavy (non-hydrogen) atoms. The van der Waals surface area contributed by atoms with Crippen molar-refractivity contribution in [2.45, 2.75) is 21.6 Å². The highest BCUT2D eigenvalue weighted by atomic mass is 32.2. The highest BCUT2D eigenvalue weighted by molar-refractivity contribution is 7.91. The standard InChI is InChI=1S/C13H13NO4S2/c1-10-4-2-3-5-13(10)19(15,16)11-6-8-12(9-7-11)20(14,17)18/h2-9H,1H3,(H2,14,17,18). The van der Waals surface area contributed by atoms with Crippen molar-refractivity contribution >= 4 is 19.9 Å². The van der Waals surface area contributed by atoms with Gasteiger partial charge >= 0.3 is 0 Å². The Labute approximate surface area is 118 Å². The molecule has 0 aliphatic carbocycles. The molecule has 7 heteroatoms. The maximum Gasteiger partial charge on any atom is 0.238 e. The van der Waals surface area contributed by atoms with Crippen LogP contribution in [-0.4, -0.2) is 16.8 Å². The minimum absolute atomic E-state index is 0.0270. The molecule has 0 unspecified atom stereocenters. The van der Waals surface area contributed by atoms with Crippen molar-refractivity contribution in [3.05, 3.63) is 54.1 Å². The number of sulfone groups is 1. The van der Waals surface area contributed by atoms with Crippen molar-refractivity contribution in [1.82, 2.24) is 0 Å². The first-order valence-electron chi connectivity index (χ1n) is 5.66. The van der Waals surface area contributed by atoms with Gasteiger partial charge in [-0.3, -0.25) is 0 Å². The normalized spacial score (nSPS) is 12.3. The van der Waals surface area contributed by atoms with E-state index in [1.165, 1.54) is 30.3 Å². The second-order valence-corrected chi connectivity index (χ2v) is 7.76. The number of nitrogens with two attached hydrogens (primary N) is 1. The lowest BCUT2D eigenvalue weighted by molar-refractivity contribution is 0.592. The minimum Gasteiger partial charge on any atom is -0.225 e. The summed E-state index contributed by atoms with van der Waals surface area (Å²) in [6.45, 7) is 1.70. The molecule has 0 fully saturated rings. The summed E-state index contributed by atoms with van der Waals surface area (Å²) in [4.78, 5) is 0.101. The summed E-state index contributed by atoms with van der Waals surface area (Å²) < 4.78 is 47.2. The molecule has 2 aromatic rings. The Hall–Kier alpha value is -1.70. The predicted molar refractivity (Wildman–Crippen MR) is 74.4 cm³/mol. The molecule has 0 aliphatic heterocycles. The van der Waals surface area contributed by atoms with E-state index in [2.05, 4.69) is 0 Å². The summed E-state index contributed by atoms with van der Waals surface area (Å²) in [5, 5.41) is 4.97. The Morgan fingerprint density at radius 1 is 0.800 bits per heavy atom. The molecule has 0 amide bonds. The molecule has 0 aliphatic rings. The van der Waals surface area contributed by atoms with E-state index in [4.69, 9.17) is 5.14 Å². The second-order valence-electron chi connectivity index (χ2n) is 4.29. The smallest absolute Gasteiger partial charge is 0.225 e. The van der Waals surface area contributed by atoms with Crippen molar-refractivity contribution < 1.29 is 16.8 Å². The van der Waals surface area contributed by atoms with Gasteiger partial charge in [-0.05, 0) is 42.8 Å². The van der Waals surface area contributed by atoms with E-state index >= 15 is 0 Å². The lowest BCUT2D eigenvalue weighted by Crippen LogP contribution is -2.12. The van der Waals surface area contributed by atoms with Gasteiger partial charge in [0.05, 0.1) is 14.7 Å². The topological polar surface area (TPSA) is 94.3 Å². The summed E-state index contributed by atoms with van der Waals surface area (Å²) in [5.74, 6) is 0. The molecule has 0 spiro atoms. The van der Waals surface area contributed by atoms with Crippen molar-refractivity contribution in [1.29, 1.82) is 0 Å². The van der Waals surface area contributed by atoms with E-state index in [1.54, 1.807) is 25.1 Å². The minimum atomic E-state index is -3.83. The van der Waals surface area contributed by atoms with E-state index in [-0.39, 0.29) is 14.7 Å². The van der Waals surface area contributed by atoms with Crippen LogP contribution in [0.1, 0.15) is 5.56 Å². The van der Waals surface area contributed by atoms with Gasteiger partial charge < -0.3 is 0 Å². The summed E-state index contributed by atoms with van der Waals surface area (Å²) in [6.07, 6.45) is 0. The van der Waals surface area contributed by atoms with Crippen molar-refractivity contribution in [2.24, 2.45) is 5.14 Å². The molecule has 5 nitrogen and oxygen atoms in total. The second kappa shape index (κ2) is 5.01. The molecule has 0 heterocycles. The van der Waals surface area contributed by atoms with Crippen LogP contribution in [-0.2, 0) is 19.9 Å². The van der Waals surface area contributed by atoms with Gasteiger partial charge in [0.15, 0.2) is 0 Å². The first-order valence-corrected chi connectivity index (χ1v) is 8.69. The van der Waals surface area contributed by atoms with Crippen LogP contribution in [0.25, 0.3) is 0 Å². The van der Waals surface area contributed by atoms with Gasteiger partial charge in [-0.25, -0.2) is 22.0 Å². The van der Waals surface area contributed by atoms with Gasteiger partial charge in [-0.2, -0.15) is 0 Å². The van der Waals surface area contributed by atoms with Crippen LogP contribution in [0.3, 0.4) is 0 Å². The summed E-state index contributed by atoms with van der Waals surface area (Å²) in [5.41, 5.74) is 0.628. The SMILES string of the molecule is Cc1ccccc1S(=O)(=O)c1ccc(S(N)(=O)=O)cc1. The first-order chi connectivity index (χ1) is 9.23. The van der Waals surface area contributed by atoms with Crippen LogP contribution in [0.5, 0.6) is 0 Å². The Morgan fingerprint density at radius 3 is 1.80 bits per heavy atom. The Morgan fingerprint density at radius 2 is 1.30 bits per heavy atom. The van der Waals surface area contributed by atoms with Crippen molar-refractivity contribution in [3.8, 4) is 0 Å². The van der Waals surface area contributed by atoms with Crippen LogP contribution in [0, 0.1) is 6.92 Å². The molecule has 0 atom stereocenters. The molecule has 2 aromatic carbocycles. The van der Waals surface area contributed by atoms with E-state index in [0.717, 1.165) is 0 Å². The van der Waals surface area contributed by atoms with E-state index < -0.39 is 19.9 Å². The lowest BCUT2D eigenvalue weighted by atomic mass is 10.2. The average Bonchev–Trinajstić information content (AvgIpc) is 2.38. The molecular weight excluding hydrogens is 298 g/mol. The van der Waals surface area contributed by atoms with Crippen LogP contribution in [0.2, 0.25) is 0 Å². The van der Waals surface area contributed by atoms with Gasteiger partial charge in [0.1, 0.15) is 0 Å². The molecule has 0 saturated heterocycles. The highest BCUT2D eigenvalue weighted by Crippen LogP contribution is 2.24. The number of hydrogen-bond acceptors (Lipinski definition) is 4. The summed E-state index contributed by atoms with van der Waals surface area (Å²) >= 11 is 0. The Balaban J connectivity index is 2.54. The van der Waals surface area contributed by atoms with Gasteiger partial charge in [-0.15, -0.1) is 0 Å². The fourth-order valence-corrected chi connectivity index (χ4v) is 3.81. The van der Waals surface area contributed by atoms with E-state index in [9.17, 15) is 16.8 Å². The third-order valence-electron chi connectivity index (χ3n) is 2.85. The fourth-order valence-electron chi connectivity index (χ4n) is 1.79. The summed E-state index contributed by atoms with van der Waals surface area (Å²) in [7, 11) is -7.50. The number of rotatable bonds is 3. The maximum absolute atomic E-state index is 12.4. The Kier molecular flexibility index (Phi) is 3.68. The maximum atomic E-state index is 12.4. The molecule has 2 N–H and O–H groups in total. The molecule has 106 valence electrons. The fraction of sp³-hybridized carbons (Fsp3) is 0.0769. The monoisotopic (exact) mass is 311 g/mol. The molecular formula is C13H13NO4S2. The summed E-state index contributed by atoms with van der Waals surface area (Å²) in [6, 6.07) is 11.4. The number of benzene rings is 2.